The highest BCUT2D eigenvalue weighted by Crippen LogP contribution is 2.29. The summed E-state index contributed by atoms with van der Waals surface area (Å²) in [6, 6.07) is 4.46. The standard InChI is InChI=1S/C15H15F3N2O3/c1-9(8-19)7-12(14(22)23-2)20-13(21)10-3-5-11(6-4-10)15(16,17)18/h3-6,9,12H,7H2,1-2H3,(H,20,21)/t9-,12-/m0/s1. The lowest BCUT2D eigenvalue weighted by Gasteiger charge is -2.17. The van der Waals surface area contributed by atoms with E-state index in [0.717, 1.165) is 31.4 Å². The third-order valence-corrected chi connectivity index (χ3v) is 3.08. The Balaban J connectivity index is 2.86. The molecule has 1 N–H and O–H groups in total. The first-order chi connectivity index (χ1) is 10.7. The summed E-state index contributed by atoms with van der Waals surface area (Å²) in [6.07, 6.45) is -4.46. The molecule has 0 spiro atoms. The molecule has 0 aliphatic heterocycles. The molecule has 0 saturated heterocycles. The average Bonchev–Trinajstić information content (AvgIpc) is 2.52. The Kier molecular flexibility index (Phi) is 6.13. The lowest BCUT2D eigenvalue weighted by Crippen LogP contribution is -2.42. The number of ether oxygens (including phenoxy) is 1. The van der Waals surface area contributed by atoms with Gasteiger partial charge in [-0.3, -0.25) is 4.79 Å². The zero-order chi connectivity index (χ0) is 17.6. The van der Waals surface area contributed by atoms with Crippen LogP contribution in [0, 0.1) is 17.2 Å². The van der Waals surface area contributed by atoms with Crippen LogP contribution in [0.3, 0.4) is 0 Å². The Labute approximate surface area is 131 Å². The molecule has 0 aliphatic rings. The van der Waals surface area contributed by atoms with Gasteiger partial charge in [0.1, 0.15) is 6.04 Å². The second-order valence-corrected chi connectivity index (χ2v) is 4.89. The van der Waals surface area contributed by atoms with Crippen LogP contribution in [0.15, 0.2) is 24.3 Å². The van der Waals surface area contributed by atoms with Gasteiger partial charge in [0.05, 0.1) is 18.7 Å². The Morgan fingerprint density at radius 2 is 1.87 bits per heavy atom. The Morgan fingerprint density at radius 1 is 1.30 bits per heavy atom. The maximum Gasteiger partial charge on any atom is 0.416 e. The molecule has 0 aromatic heterocycles. The second kappa shape index (κ2) is 7.63. The van der Waals surface area contributed by atoms with Crippen LogP contribution >= 0.6 is 0 Å². The molecule has 23 heavy (non-hydrogen) atoms. The third-order valence-electron chi connectivity index (χ3n) is 3.08. The number of hydrogen-bond donors (Lipinski definition) is 1. The topological polar surface area (TPSA) is 79.2 Å². The summed E-state index contributed by atoms with van der Waals surface area (Å²) >= 11 is 0. The van der Waals surface area contributed by atoms with Gasteiger partial charge in [0.15, 0.2) is 0 Å². The van der Waals surface area contributed by atoms with Gasteiger partial charge in [0.25, 0.3) is 5.91 Å². The van der Waals surface area contributed by atoms with Crippen molar-refractivity contribution in [3.05, 3.63) is 35.4 Å². The fraction of sp³-hybridized carbons (Fsp3) is 0.400. The molecule has 0 aliphatic carbocycles. The largest absolute Gasteiger partial charge is 0.467 e. The number of benzene rings is 1. The minimum absolute atomic E-state index is 0.0310. The number of nitriles is 1. The van der Waals surface area contributed by atoms with Crippen molar-refractivity contribution in [1.29, 1.82) is 5.26 Å². The number of methoxy groups -OCH3 is 1. The zero-order valence-corrected chi connectivity index (χ0v) is 12.5. The van der Waals surface area contributed by atoms with E-state index < -0.39 is 35.6 Å². The lowest BCUT2D eigenvalue weighted by atomic mass is 10.0. The molecule has 1 rings (SSSR count). The number of amides is 1. The number of alkyl halides is 3. The summed E-state index contributed by atoms with van der Waals surface area (Å²) < 4.78 is 42.0. The SMILES string of the molecule is COC(=O)[C@H](C[C@H](C)C#N)NC(=O)c1ccc(C(F)(F)F)cc1. The van der Waals surface area contributed by atoms with Crippen LogP contribution in [0.4, 0.5) is 13.2 Å². The number of nitrogens with zero attached hydrogens (tertiary/aromatic N) is 1. The molecule has 0 radical (unpaired) electrons. The predicted molar refractivity (Wildman–Crippen MR) is 74.1 cm³/mol. The van der Waals surface area contributed by atoms with Gasteiger partial charge < -0.3 is 10.1 Å². The van der Waals surface area contributed by atoms with Crippen molar-refractivity contribution in [2.75, 3.05) is 7.11 Å². The number of carbonyl (C=O) groups is 2. The second-order valence-electron chi connectivity index (χ2n) is 4.89. The fourth-order valence-electron chi connectivity index (χ4n) is 1.81. The van der Waals surface area contributed by atoms with E-state index in [2.05, 4.69) is 10.1 Å². The molecule has 8 heteroatoms. The van der Waals surface area contributed by atoms with Crippen LogP contribution in [-0.2, 0) is 15.7 Å². The van der Waals surface area contributed by atoms with Crippen molar-refractivity contribution in [3.8, 4) is 6.07 Å². The van der Waals surface area contributed by atoms with E-state index in [0.29, 0.717) is 0 Å². The quantitative estimate of drug-likeness (QED) is 0.843. The molecule has 124 valence electrons. The van der Waals surface area contributed by atoms with Crippen LogP contribution < -0.4 is 5.32 Å². The summed E-state index contributed by atoms with van der Waals surface area (Å²) in [5.41, 5.74) is -0.909. The summed E-state index contributed by atoms with van der Waals surface area (Å²) in [4.78, 5) is 23.6. The highest BCUT2D eigenvalue weighted by molar-refractivity contribution is 5.96. The molecule has 0 saturated carbocycles. The molecule has 0 bridgehead atoms. The van der Waals surface area contributed by atoms with E-state index in [9.17, 15) is 22.8 Å². The first-order valence-corrected chi connectivity index (χ1v) is 6.64. The normalized spacial score (nSPS) is 13.6. The molecule has 5 nitrogen and oxygen atoms in total. The highest BCUT2D eigenvalue weighted by atomic mass is 19.4. The van der Waals surface area contributed by atoms with E-state index in [1.165, 1.54) is 0 Å². The molecule has 2 atom stereocenters. The molecule has 1 aromatic carbocycles. The van der Waals surface area contributed by atoms with E-state index in [4.69, 9.17) is 5.26 Å². The molecule has 1 aromatic rings. The molecule has 0 fully saturated rings. The summed E-state index contributed by atoms with van der Waals surface area (Å²) in [5.74, 6) is -1.96. The zero-order valence-electron chi connectivity index (χ0n) is 12.5. The first-order valence-electron chi connectivity index (χ1n) is 6.64. The van der Waals surface area contributed by atoms with Crippen molar-refractivity contribution < 1.29 is 27.5 Å². The van der Waals surface area contributed by atoms with Gasteiger partial charge >= 0.3 is 12.1 Å². The Bertz CT molecular complexity index is 606. The predicted octanol–water partition coefficient (Wildman–Crippen LogP) is 2.53. The first kappa shape index (κ1) is 18.5. The fourth-order valence-corrected chi connectivity index (χ4v) is 1.81. The molecule has 0 heterocycles. The number of carbonyl (C=O) groups excluding carboxylic acids is 2. The Hall–Kier alpha value is -2.56. The van der Waals surface area contributed by atoms with Crippen LogP contribution in [0.1, 0.15) is 29.3 Å². The summed E-state index contributed by atoms with van der Waals surface area (Å²) in [6.45, 7) is 1.57. The van der Waals surface area contributed by atoms with Crippen LogP contribution in [0.5, 0.6) is 0 Å². The van der Waals surface area contributed by atoms with Crippen LogP contribution in [0.2, 0.25) is 0 Å². The average molecular weight is 328 g/mol. The number of hydrogen-bond acceptors (Lipinski definition) is 4. The Morgan fingerprint density at radius 3 is 2.30 bits per heavy atom. The van der Waals surface area contributed by atoms with Gasteiger partial charge in [-0.05, 0) is 37.6 Å². The molecular weight excluding hydrogens is 313 g/mol. The molecule has 1 amide bonds. The van der Waals surface area contributed by atoms with Gasteiger partial charge in [0, 0.05) is 11.5 Å². The third kappa shape index (κ3) is 5.29. The minimum atomic E-state index is -4.49. The van der Waals surface area contributed by atoms with Crippen LogP contribution in [0.25, 0.3) is 0 Å². The van der Waals surface area contributed by atoms with Crippen LogP contribution in [-0.4, -0.2) is 25.0 Å². The minimum Gasteiger partial charge on any atom is -0.467 e. The lowest BCUT2D eigenvalue weighted by molar-refractivity contribution is -0.143. The van der Waals surface area contributed by atoms with Gasteiger partial charge in [-0.2, -0.15) is 18.4 Å². The van der Waals surface area contributed by atoms with Crippen molar-refractivity contribution in [1.82, 2.24) is 5.32 Å². The maximum atomic E-state index is 12.5. The van der Waals surface area contributed by atoms with E-state index in [-0.39, 0.29) is 12.0 Å². The van der Waals surface area contributed by atoms with Gasteiger partial charge in [-0.15, -0.1) is 0 Å². The monoisotopic (exact) mass is 328 g/mol. The highest BCUT2D eigenvalue weighted by Gasteiger charge is 2.30. The van der Waals surface area contributed by atoms with Crippen molar-refractivity contribution >= 4 is 11.9 Å². The van der Waals surface area contributed by atoms with Gasteiger partial charge in [-0.25, -0.2) is 4.79 Å². The van der Waals surface area contributed by atoms with Crippen molar-refractivity contribution in [3.63, 3.8) is 0 Å². The number of halogens is 3. The van der Waals surface area contributed by atoms with Crippen molar-refractivity contribution in [2.24, 2.45) is 5.92 Å². The number of rotatable bonds is 5. The van der Waals surface area contributed by atoms with E-state index in [1.54, 1.807) is 6.92 Å². The van der Waals surface area contributed by atoms with E-state index >= 15 is 0 Å². The number of esters is 1. The van der Waals surface area contributed by atoms with Gasteiger partial charge in [0.2, 0.25) is 0 Å². The molecular formula is C15H15F3N2O3. The summed E-state index contributed by atoms with van der Waals surface area (Å²) in [7, 11) is 1.14. The number of nitrogens with one attached hydrogen (secondary N) is 1. The maximum absolute atomic E-state index is 12.5. The smallest absolute Gasteiger partial charge is 0.416 e. The van der Waals surface area contributed by atoms with E-state index in [1.807, 2.05) is 6.07 Å². The summed E-state index contributed by atoms with van der Waals surface area (Å²) in [5, 5.41) is 11.1. The molecule has 0 unspecified atom stereocenters. The van der Waals surface area contributed by atoms with Crippen molar-refractivity contribution in [2.45, 2.75) is 25.6 Å². The van der Waals surface area contributed by atoms with Gasteiger partial charge in [-0.1, -0.05) is 0 Å².